The molecule has 0 heterocycles. The van der Waals surface area contributed by atoms with Gasteiger partial charge in [-0.2, -0.15) is 13.5 Å². The number of aryl methyl sites for hydroxylation is 1. The molecule has 2 aromatic rings. The predicted molar refractivity (Wildman–Crippen MR) is 96.0 cm³/mol. The average molecular weight is 360 g/mol. The molecule has 0 saturated heterocycles. The number of carbonyl (C=O) groups is 1. The number of nitrogens with one attached hydrogen (secondary N) is 1. The molecule has 6 nitrogen and oxygen atoms in total. The van der Waals surface area contributed by atoms with E-state index >= 15 is 0 Å². The topological polar surface area (TPSA) is 84.8 Å². The molecule has 25 heavy (non-hydrogen) atoms. The highest BCUT2D eigenvalue weighted by Crippen LogP contribution is 2.19. The van der Waals surface area contributed by atoms with Gasteiger partial charge in [-0.25, -0.2) is 5.43 Å². The van der Waals surface area contributed by atoms with E-state index in [1.807, 2.05) is 6.92 Å². The Labute approximate surface area is 147 Å². The molecule has 2 rings (SSSR count). The fourth-order valence-corrected chi connectivity index (χ4v) is 2.72. The van der Waals surface area contributed by atoms with Crippen LogP contribution in [0.5, 0.6) is 5.75 Å². The summed E-state index contributed by atoms with van der Waals surface area (Å²) in [7, 11) is -3.87. The molecule has 0 aliphatic rings. The number of hydrogen-bond donors (Lipinski definition) is 1. The molecule has 0 radical (unpaired) electrons. The Morgan fingerprint density at radius 3 is 2.24 bits per heavy atom. The molecule has 0 aliphatic carbocycles. The van der Waals surface area contributed by atoms with Crippen LogP contribution in [-0.2, 0) is 14.9 Å². The van der Waals surface area contributed by atoms with Gasteiger partial charge in [-0.05, 0) is 48.9 Å². The van der Waals surface area contributed by atoms with E-state index in [4.69, 9.17) is 4.18 Å². The monoisotopic (exact) mass is 360 g/mol. The van der Waals surface area contributed by atoms with E-state index in [1.165, 1.54) is 30.5 Å². The first-order valence-corrected chi connectivity index (χ1v) is 9.13. The zero-order valence-electron chi connectivity index (χ0n) is 14.3. The van der Waals surface area contributed by atoms with Crippen molar-refractivity contribution in [2.75, 3.05) is 0 Å². The average Bonchev–Trinajstić information content (AvgIpc) is 2.56. The SMILES string of the molecule is Cc1ccc(S(=O)(=O)Oc2ccc(/C=N/NC(=O)C(C)C)cc2)cc1. The molecule has 1 N–H and O–H groups in total. The Balaban J connectivity index is 2.03. The van der Waals surface area contributed by atoms with Crippen LogP contribution in [0.4, 0.5) is 0 Å². The van der Waals surface area contributed by atoms with Crippen LogP contribution in [0.2, 0.25) is 0 Å². The fraction of sp³-hybridized carbons (Fsp3) is 0.222. The number of amides is 1. The van der Waals surface area contributed by atoms with Crippen molar-refractivity contribution >= 4 is 22.2 Å². The lowest BCUT2D eigenvalue weighted by atomic mass is 10.2. The Morgan fingerprint density at radius 2 is 1.68 bits per heavy atom. The lowest BCUT2D eigenvalue weighted by Crippen LogP contribution is -2.22. The van der Waals surface area contributed by atoms with Crippen LogP contribution in [0.3, 0.4) is 0 Å². The first kappa shape index (κ1) is 18.7. The Morgan fingerprint density at radius 1 is 1.08 bits per heavy atom. The quantitative estimate of drug-likeness (QED) is 0.488. The van der Waals surface area contributed by atoms with E-state index in [2.05, 4.69) is 10.5 Å². The second-order valence-corrected chi connectivity index (χ2v) is 7.35. The molecular formula is C18H20N2O4S. The summed E-state index contributed by atoms with van der Waals surface area (Å²) >= 11 is 0. The summed E-state index contributed by atoms with van der Waals surface area (Å²) in [5.74, 6) is -0.135. The van der Waals surface area contributed by atoms with Gasteiger partial charge in [-0.1, -0.05) is 31.5 Å². The molecule has 0 spiro atoms. The zero-order chi connectivity index (χ0) is 18.4. The van der Waals surface area contributed by atoms with E-state index < -0.39 is 10.1 Å². The third-order valence-corrected chi connectivity index (χ3v) is 4.57. The molecule has 7 heteroatoms. The highest BCUT2D eigenvalue weighted by molar-refractivity contribution is 7.87. The van der Waals surface area contributed by atoms with Gasteiger partial charge in [-0.3, -0.25) is 4.79 Å². The van der Waals surface area contributed by atoms with Crippen LogP contribution < -0.4 is 9.61 Å². The summed E-state index contributed by atoms with van der Waals surface area (Å²) in [5.41, 5.74) is 4.08. The number of benzene rings is 2. The van der Waals surface area contributed by atoms with Gasteiger partial charge in [0.05, 0.1) is 6.21 Å². The summed E-state index contributed by atoms with van der Waals surface area (Å²) in [4.78, 5) is 11.5. The molecule has 0 aliphatic heterocycles. The Hall–Kier alpha value is -2.67. The van der Waals surface area contributed by atoms with Crippen LogP contribution in [0.15, 0.2) is 58.5 Å². The number of carbonyl (C=O) groups excluding carboxylic acids is 1. The second-order valence-electron chi connectivity index (χ2n) is 5.81. The summed E-state index contributed by atoms with van der Waals surface area (Å²) in [6.45, 7) is 5.41. The van der Waals surface area contributed by atoms with Gasteiger partial charge in [0.2, 0.25) is 5.91 Å². The molecule has 0 unspecified atom stereocenters. The van der Waals surface area contributed by atoms with Crippen LogP contribution in [-0.4, -0.2) is 20.5 Å². The molecule has 0 saturated carbocycles. The maximum absolute atomic E-state index is 12.2. The number of hydrogen-bond acceptors (Lipinski definition) is 5. The van der Waals surface area contributed by atoms with E-state index in [-0.39, 0.29) is 22.5 Å². The van der Waals surface area contributed by atoms with Gasteiger partial charge in [0, 0.05) is 5.92 Å². The van der Waals surface area contributed by atoms with E-state index in [9.17, 15) is 13.2 Å². The summed E-state index contributed by atoms with van der Waals surface area (Å²) < 4.78 is 29.5. The zero-order valence-corrected chi connectivity index (χ0v) is 15.1. The van der Waals surface area contributed by atoms with Gasteiger partial charge in [0.1, 0.15) is 10.6 Å². The third kappa shape index (κ3) is 5.42. The standard InChI is InChI=1S/C18H20N2O4S/c1-13(2)18(21)20-19-12-15-6-8-16(9-7-15)24-25(22,23)17-10-4-14(3)5-11-17/h4-13H,1-3H3,(H,20,21)/b19-12+. The Kier molecular flexibility index (Phi) is 5.93. The largest absolute Gasteiger partial charge is 0.379 e. The highest BCUT2D eigenvalue weighted by atomic mass is 32.2. The maximum Gasteiger partial charge on any atom is 0.339 e. The van der Waals surface area contributed by atoms with Gasteiger partial charge in [0.15, 0.2) is 0 Å². The summed E-state index contributed by atoms with van der Waals surface area (Å²) in [6, 6.07) is 12.8. The van der Waals surface area contributed by atoms with Crippen molar-refractivity contribution in [1.29, 1.82) is 0 Å². The van der Waals surface area contributed by atoms with Crippen molar-refractivity contribution in [2.45, 2.75) is 25.7 Å². The molecule has 0 atom stereocenters. The minimum Gasteiger partial charge on any atom is -0.379 e. The summed E-state index contributed by atoms with van der Waals surface area (Å²) in [5, 5.41) is 3.84. The maximum atomic E-state index is 12.2. The van der Waals surface area contributed by atoms with Gasteiger partial charge in [0.25, 0.3) is 0 Å². The predicted octanol–water partition coefficient (Wildman–Crippen LogP) is 2.87. The lowest BCUT2D eigenvalue weighted by Gasteiger charge is -2.07. The first-order valence-electron chi connectivity index (χ1n) is 7.72. The molecule has 0 bridgehead atoms. The molecular weight excluding hydrogens is 340 g/mol. The van der Waals surface area contributed by atoms with Crippen molar-refractivity contribution in [3.8, 4) is 5.75 Å². The second kappa shape index (κ2) is 7.94. The first-order chi connectivity index (χ1) is 11.8. The van der Waals surface area contributed by atoms with Crippen molar-refractivity contribution in [2.24, 2.45) is 11.0 Å². The third-order valence-electron chi connectivity index (χ3n) is 3.31. The summed E-state index contributed by atoms with van der Waals surface area (Å²) in [6.07, 6.45) is 1.47. The molecule has 0 fully saturated rings. The normalized spacial score (nSPS) is 11.7. The van der Waals surface area contributed by atoms with Gasteiger partial charge >= 0.3 is 10.1 Å². The van der Waals surface area contributed by atoms with Crippen molar-refractivity contribution in [3.63, 3.8) is 0 Å². The minimum absolute atomic E-state index is 0.0973. The Bertz CT molecular complexity index is 855. The van der Waals surface area contributed by atoms with Gasteiger partial charge < -0.3 is 4.18 Å². The van der Waals surface area contributed by atoms with Gasteiger partial charge in [-0.15, -0.1) is 0 Å². The van der Waals surface area contributed by atoms with Crippen LogP contribution in [0.25, 0.3) is 0 Å². The van der Waals surface area contributed by atoms with Crippen molar-refractivity contribution < 1.29 is 17.4 Å². The molecule has 1 amide bonds. The molecule has 0 aromatic heterocycles. The van der Waals surface area contributed by atoms with Crippen molar-refractivity contribution in [3.05, 3.63) is 59.7 Å². The van der Waals surface area contributed by atoms with Crippen LogP contribution in [0, 0.1) is 12.8 Å². The number of hydrazone groups is 1. The fourth-order valence-electron chi connectivity index (χ4n) is 1.79. The lowest BCUT2D eigenvalue weighted by molar-refractivity contribution is -0.123. The highest BCUT2D eigenvalue weighted by Gasteiger charge is 2.16. The van der Waals surface area contributed by atoms with E-state index in [1.54, 1.807) is 38.1 Å². The van der Waals surface area contributed by atoms with E-state index in [0.29, 0.717) is 5.56 Å². The van der Waals surface area contributed by atoms with Crippen LogP contribution in [0.1, 0.15) is 25.0 Å². The molecule has 132 valence electrons. The van der Waals surface area contributed by atoms with Crippen molar-refractivity contribution in [1.82, 2.24) is 5.43 Å². The van der Waals surface area contributed by atoms with E-state index in [0.717, 1.165) is 5.56 Å². The number of rotatable bonds is 6. The molecule has 2 aromatic carbocycles. The smallest absolute Gasteiger partial charge is 0.339 e. The minimum atomic E-state index is -3.87. The van der Waals surface area contributed by atoms with Crippen LogP contribution >= 0.6 is 0 Å². The number of nitrogens with zero attached hydrogens (tertiary/aromatic N) is 1.